The zero-order valence-electron chi connectivity index (χ0n) is 19.9. The number of hydrogen-bond donors (Lipinski definition) is 0. The number of halogens is 1. The summed E-state index contributed by atoms with van der Waals surface area (Å²) in [6, 6.07) is 19.9. The Morgan fingerprint density at radius 2 is 1.71 bits per heavy atom. The Bertz CT molecular complexity index is 1430. The molecule has 1 unspecified atom stereocenters. The van der Waals surface area contributed by atoms with Gasteiger partial charge in [-0.2, -0.15) is 0 Å². The van der Waals surface area contributed by atoms with Crippen molar-refractivity contribution in [2.75, 3.05) is 6.54 Å². The molecule has 1 amide bonds. The van der Waals surface area contributed by atoms with E-state index in [0.717, 1.165) is 11.1 Å². The second kappa shape index (κ2) is 9.82. The molecule has 1 heterocycles. The Morgan fingerprint density at radius 1 is 1.00 bits per heavy atom. The lowest BCUT2D eigenvalue weighted by atomic mass is 10.0. The summed E-state index contributed by atoms with van der Waals surface area (Å²) >= 11 is 6.21. The standard InChI is InChI=1S/C28H28ClN3O2/c1-5-24(31(6-2)27(33)21-12-8-7-11-18(21)3)26-30-23-14-10-9-13-22(23)28(34)32(26)25-16-15-20(29)17-19(25)4/h7-17,24H,5-6H2,1-4H3. The van der Waals surface area contributed by atoms with Crippen LogP contribution in [0.15, 0.2) is 71.5 Å². The fourth-order valence-electron chi connectivity index (χ4n) is 4.49. The number of aryl methyl sites for hydroxylation is 2. The van der Waals surface area contributed by atoms with Crippen molar-refractivity contribution in [3.63, 3.8) is 0 Å². The Morgan fingerprint density at radius 3 is 2.38 bits per heavy atom. The highest BCUT2D eigenvalue weighted by Crippen LogP contribution is 2.29. The van der Waals surface area contributed by atoms with Crippen LogP contribution < -0.4 is 5.56 Å². The third kappa shape index (κ3) is 4.24. The summed E-state index contributed by atoms with van der Waals surface area (Å²) in [5.74, 6) is 0.467. The Kier molecular flexibility index (Phi) is 6.85. The molecule has 0 saturated carbocycles. The van der Waals surface area contributed by atoms with Crippen LogP contribution in [0.4, 0.5) is 0 Å². The van der Waals surface area contributed by atoms with Crippen molar-refractivity contribution < 1.29 is 4.79 Å². The number of carbonyl (C=O) groups excluding carboxylic acids is 1. The first kappa shape index (κ1) is 23.7. The minimum atomic E-state index is -0.399. The smallest absolute Gasteiger partial charge is 0.266 e. The summed E-state index contributed by atoms with van der Waals surface area (Å²) in [6.07, 6.45) is 0.600. The van der Waals surface area contributed by atoms with E-state index >= 15 is 0 Å². The fourth-order valence-corrected chi connectivity index (χ4v) is 4.72. The molecule has 0 fully saturated rings. The molecule has 1 aromatic heterocycles. The van der Waals surface area contributed by atoms with Gasteiger partial charge in [-0.15, -0.1) is 0 Å². The van der Waals surface area contributed by atoms with Crippen LogP contribution in [0.5, 0.6) is 0 Å². The minimum Gasteiger partial charge on any atom is -0.329 e. The molecule has 0 aliphatic heterocycles. The summed E-state index contributed by atoms with van der Waals surface area (Å²) in [6.45, 7) is 8.30. The Balaban J connectivity index is 1.98. The first-order valence-electron chi connectivity index (χ1n) is 11.5. The highest BCUT2D eigenvalue weighted by atomic mass is 35.5. The molecule has 0 bridgehead atoms. The van der Waals surface area contributed by atoms with E-state index in [2.05, 4.69) is 0 Å². The zero-order valence-corrected chi connectivity index (χ0v) is 20.6. The Labute approximate surface area is 204 Å². The van der Waals surface area contributed by atoms with Crippen molar-refractivity contribution in [2.24, 2.45) is 0 Å². The third-order valence-electron chi connectivity index (χ3n) is 6.24. The van der Waals surface area contributed by atoms with Crippen LogP contribution in [0.3, 0.4) is 0 Å². The molecule has 5 nitrogen and oxygen atoms in total. The van der Waals surface area contributed by atoms with Crippen molar-refractivity contribution >= 4 is 28.4 Å². The van der Waals surface area contributed by atoms with Crippen LogP contribution >= 0.6 is 11.6 Å². The summed E-state index contributed by atoms with van der Waals surface area (Å²) in [5.41, 5.74) is 3.59. The van der Waals surface area contributed by atoms with Crippen LogP contribution in [-0.2, 0) is 0 Å². The Hall–Kier alpha value is -3.44. The molecular weight excluding hydrogens is 446 g/mol. The van der Waals surface area contributed by atoms with Gasteiger partial charge >= 0.3 is 0 Å². The summed E-state index contributed by atoms with van der Waals surface area (Å²) < 4.78 is 1.65. The predicted octanol–water partition coefficient (Wildman–Crippen LogP) is 6.27. The molecule has 3 aromatic carbocycles. The maximum atomic E-state index is 13.8. The molecule has 34 heavy (non-hydrogen) atoms. The van der Waals surface area contributed by atoms with Crippen molar-refractivity contribution in [2.45, 2.75) is 40.2 Å². The van der Waals surface area contributed by atoms with E-state index in [1.165, 1.54) is 0 Å². The number of para-hydroxylation sites is 1. The number of amides is 1. The monoisotopic (exact) mass is 473 g/mol. The summed E-state index contributed by atoms with van der Waals surface area (Å²) in [5, 5.41) is 1.13. The van der Waals surface area contributed by atoms with E-state index in [0.29, 0.717) is 46.0 Å². The second-order valence-electron chi connectivity index (χ2n) is 8.39. The molecular formula is C28H28ClN3O2. The van der Waals surface area contributed by atoms with E-state index in [9.17, 15) is 9.59 Å². The van der Waals surface area contributed by atoms with Gasteiger partial charge in [0.2, 0.25) is 0 Å². The van der Waals surface area contributed by atoms with Gasteiger partial charge in [0.05, 0.1) is 22.6 Å². The van der Waals surface area contributed by atoms with E-state index in [1.54, 1.807) is 21.6 Å². The summed E-state index contributed by atoms with van der Waals surface area (Å²) in [7, 11) is 0. The fraction of sp³-hybridized carbons (Fsp3) is 0.250. The van der Waals surface area contributed by atoms with Crippen LogP contribution in [0.2, 0.25) is 5.02 Å². The van der Waals surface area contributed by atoms with E-state index < -0.39 is 6.04 Å². The number of fused-ring (bicyclic) bond motifs is 1. The lowest BCUT2D eigenvalue weighted by molar-refractivity contribution is 0.0671. The molecule has 0 radical (unpaired) electrons. The molecule has 0 N–H and O–H groups in total. The number of nitrogens with zero attached hydrogens (tertiary/aromatic N) is 3. The van der Waals surface area contributed by atoms with Gasteiger partial charge in [-0.25, -0.2) is 4.98 Å². The zero-order chi connectivity index (χ0) is 24.4. The first-order valence-corrected chi connectivity index (χ1v) is 11.9. The predicted molar refractivity (Wildman–Crippen MR) is 138 cm³/mol. The van der Waals surface area contributed by atoms with Crippen LogP contribution in [-0.4, -0.2) is 26.9 Å². The normalized spacial score (nSPS) is 12.0. The van der Waals surface area contributed by atoms with Gasteiger partial charge in [0.15, 0.2) is 0 Å². The third-order valence-corrected chi connectivity index (χ3v) is 6.47. The molecule has 0 aliphatic carbocycles. The van der Waals surface area contributed by atoms with Crippen molar-refractivity contribution in [1.29, 1.82) is 0 Å². The molecule has 4 rings (SSSR count). The van der Waals surface area contributed by atoms with Gasteiger partial charge in [-0.05, 0) is 74.7 Å². The SMILES string of the molecule is CCC(c1nc2ccccc2c(=O)n1-c1ccc(Cl)cc1C)N(CC)C(=O)c1ccccc1C. The van der Waals surface area contributed by atoms with Crippen molar-refractivity contribution in [1.82, 2.24) is 14.5 Å². The number of rotatable bonds is 6. The largest absolute Gasteiger partial charge is 0.329 e. The molecule has 174 valence electrons. The average molecular weight is 474 g/mol. The first-order chi connectivity index (χ1) is 16.4. The van der Waals surface area contributed by atoms with Crippen LogP contribution in [0.25, 0.3) is 16.6 Å². The molecule has 0 aliphatic rings. The molecule has 4 aromatic rings. The summed E-state index contributed by atoms with van der Waals surface area (Å²) in [4.78, 5) is 34.2. The van der Waals surface area contributed by atoms with Crippen molar-refractivity contribution in [3.05, 3.63) is 105 Å². The number of benzene rings is 3. The number of aromatic nitrogens is 2. The minimum absolute atomic E-state index is 0.0748. The van der Waals surface area contributed by atoms with Gasteiger partial charge in [-0.3, -0.25) is 14.2 Å². The van der Waals surface area contributed by atoms with Gasteiger partial charge in [0, 0.05) is 17.1 Å². The lowest BCUT2D eigenvalue weighted by Crippen LogP contribution is -2.38. The maximum absolute atomic E-state index is 13.8. The van der Waals surface area contributed by atoms with Gasteiger partial charge in [0.25, 0.3) is 11.5 Å². The van der Waals surface area contributed by atoms with Crippen molar-refractivity contribution in [3.8, 4) is 5.69 Å². The molecule has 0 spiro atoms. The maximum Gasteiger partial charge on any atom is 0.266 e. The lowest BCUT2D eigenvalue weighted by Gasteiger charge is -2.32. The van der Waals surface area contributed by atoms with Gasteiger partial charge in [0.1, 0.15) is 5.82 Å². The number of carbonyl (C=O) groups is 1. The molecule has 6 heteroatoms. The van der Waals surface area contributed by atoms with E-state index in [4.69, 9.17) is 16.6 Å². The van der Waals surface area contributed by atoms with E-state index in [-0.39, 0.29) is 11.5 Å². The van der Waals surface area contributed by atoms with Crippen LogP contribution in [0.1, 0.15) is 53.6 Å². The van der Waals surface area contributed by atoms with E-state index in [1.807, 2.05) is 82.3 Å². The molecule has 1 atom stereocenters. The van der Waals surface area contributed by atoms with Crippen LogP contribution in [0, 0.1) is 13.8 Å². The topological polar surface area (TPSA) is 55.2 Å². The van der Waals surface area contributed by atoms with Gasteiger partial charge in [-0.1, -0.05) is 48.9 Å². The quantitative estimate of drug-likeness (QED) is 0.331. The highest BCUT2D eigenvalue weighted by Gasteiger charge is 2.29. The molecule has 0 saturated heterocycles. The average Bonchev–Trinajstić information content (AvgIpc) is 2.83. The highest BCUT2D eigenvalue weighted by molar-refractivity contribution is 6.30. The second-order valence-corrected chi connectivity index (χ2v) is 8.83. The number of hydrogen-bond acceptors (Lipinski definition) is 3. The van der Waals surface area contributed by atoms with Gasteiger partial charge < -0.3 is 4.90 Å².